The molecule has 2 rings (SSSR count). The minimum atomic E-state index is -0.241. The summed E-state index contributed by atoms with van der Waals surface area (Å²) in [4.78, 5) is 18.1. The maximum Gasteiger partial charge on any atom is 0.346 e. The van der Waals surface area contributed by atoms with Crippen molar-refractivity contribution in [2.24, 2.45) is 0 Å². The summed E-state index contributed by atoms with van der Waals surface area (Å²) >= 11 is 1.48. The number of para-hydroxylation sites is 1. The second-order valence-corrected chi connectivity index (χ2v) is 6.22. The second-order valence-electron chi connectivity index (χ2n) is 5.13. The van der Waals surface area contributed by atoms with E-state index in [1.54, 1.807) is 0 Å². The lowest BCUT2D eigenvalue weighted by Crippen LogP contribution is -2.26. The van der Waals surface area contributed by atoms with Crippen molar-refractivity contribution >= 4 is 35.8 Å². The molecule has 1 heterocycles. The molecule has 0 aliphatic carbocycles. The van der Waals surface area contributed by atoms with Crippen LogP contribution in [0.5, 0.6) is 0 Å². The molecule has 0 saturated heterocycles. The molecule has 0 amide bonds. The molecule has 22 heavy (non-hydrogen) atoms. The zero-order valence-electron chi connectivity index (χ0n) is 13.2. The van der Waals surface area contributed by atoms with Gasteiger partial charge < -0.3 is 14.5 Å². The zero-order valence-corrected chi connectivity index (χ0v) is 14.9. The highest BCUT2D eigenvalue weighted by atomic mass is 35.5. The Kier molecular flexibility index (Phi) is 7.79. The van der Waals surface area contributed by atoms with Gasteiger partial charge in [-0.15, -0.1) is 12.4 Å². The summed E-state index contributed by atoms with van der Waals surface area (Å²) in [5.74, 6) is -0.241. The number of fused-ring (bicyclic) bond motifs is 1. The van der Waals surface area contributed by atoms with Crippen molar-refractivity contribution in [2.45, 2.75) is 18.2 Å². The minimum Gasteiger partial charge on any atom is -0.462 e. The quantitative estimate of drug-likeness (QED) is 0.740. The maximum atomic E-state index is 12.0. The number of halogens is 1. The number of hydrogen-bond acceptors (Lipinski definition) is 5. The Labute approximate surface area is 142 Å². The van der Waals surface area contributed by atoms with Gasteiger partial charge in [0, 0.05) is 17.6 Å². The molecular formula is C16H23ClN2O2S. The van der Waals surface area contributed by atoms with E-state index in [1.165, 1.54) is 11.8 Å². The van der Waals surface area contributed by atoms with Gasteiger partial charge in [0.2, 0.25) is 0 Å². The first-order chi connectivity index (χ1) is 10.1. The van der Waals surface area contributed by atoms with E-state index < -0.39 is 0 Å². The molecule has 1 aliphatic rings. The largest absolute Gasteiger partial charge is 0.462 e. The Balaban J connectivity index is 0.00000242. The summed E-state index contributed by atoms with van der Waals surface area (Å²) in [7, 11) is 4.14. The standard InChI is InChI=1S/C16H22N2O2S.ClH/c1-4-20-16(19)15-12-18(11-7-10-17(2)3)13-8-5-6-9-14(13)21-15;/h5-6,8-9,12H,4,7,10-11H2,1-3H3;1H. The highest BCUT2D eigenvalue weighted by Crippen LogP contribution is 2.40. The third kappa shape index (κ3) is 4.93. The van der Waals surface area contributed by atoms with E-state index in [0.717, 1.165) is 30.1 Å². The van der Waals surface area contributed by atoms with E-state index in [1.807, 2.05) is 31.3 Å². The lowest BCUT2D eigenvalue weighted by molar-refractivity contribution is -0.137. The molecule has 1 aromatic carbocycles. The number of nitrogens with zero attached hydrogens (tertiary/aromatic N) is 2. The molecule has 0 atom stereocenters. The van der Waals surface area contributed by atoms with Gasteiger partial charge >= 0.3 is 5.97 Å². The molecule has 6 heteroatoms. The van der Waals surface area contributed by atoms with Crippen LogP contribution in [-0.2, 0) is 9.53 Å². The van der Waals surface area contributed by atoms with Crippen LogP contribution in [0, 0.1) is 0 Å². The number of carbonyl (C=O) groups excluding carboxylic acids is 1. The molecule has 122 valence electrons. The van der Waals surface area contributed by atoms with Crippen molar-refractivity contribution in [3.63, 3.8) is 0 Å². The van der Waals surface area contributed by atoms with Crippen LogP contribution in [0.3, 0.4) is 0 Å². The van der Waals surface area contributed by atoms with Crippen molar-refractivity contribution in [3.8, 4) is 0 Å². The van der Waals surface area contributed by atoms with E-state index in [-0.39, 0.29) is 18.4 Å². The molecule has 0 radical (unpaired) electrons. The number of carbonyl (C=O) groups is 1. The van der Waals surface area contributed by atoms with Gasteiger partial charge in [0.1, 0.15) is 4.91 Å². The Morgan fingerprint density at radius 2 is 2.05 bits per heavy atom. The summed E-state index contributed by atoms with van der Waals surface area (Å²) in [5.41, 5.74) is 1.16. The highest BCUT2D eigenvalue weighted by molar-refractivity contribution is 8.04. The van der Waals surface area contributed by atoms with E-state index in [2.05, 4.69) is 30.0 Å². The first-order valence-corrected chi connectivity index (χ1v) is 8.00. The van der Waals surface area contributed by atoms with Gasteiger partial charge in [-0.05, 0) is 46.1 Å². The van der Waals surface area contributed by atoms with Crippen molar-refractivity contribution in [3.05, 3.63) is 35.4 Å². The fourth-order valence-corrected chi connectivity index (χ4v) is 3.17. The molecule has 0 fully saturated rings. The fraction of sp³-hybridized carbons (Fsp3) is 0.438. The van der Waals surface area contributed by atoms with Crippen LogP contribution in [0.1, 0.15) is 13.3 Å². The summed E-state index contributed by atoms with van der Waals surface area (Å²) < 4.78 is 5.12. The molecule has 0 bridgehead atoms. The average Bonchev–Trinajstić information content (AvgIpc) is 2.47. The Morgan fingerprint density at radius 1 is 1.32 bits per heavy atom. The molecule has 0 aromatic heterocycles. The Bertz CT molecular complexity index is 535. The van der Waals surface area contributed by atoms with Gasteiger partial charge in [-0.25, -0.2) is 4.79 Å². The second kappa shape index (κ2) is 9.08. The van der Waals surface area contributed by atoms with Crippen LogP contribution in [0.25, 0.3) is 0 Å². The number of hydrogen-bond donors (Lipinski definition) is 0. The van der Waals surface area contributed by atoms with E-state index in [4.69, 9.17) is 4.74 Å². The highest BCUT2D eigenvalue weighted by Gasteiger charge is 2.22. The smallest absolute Gasteiger partial charge is 0.346 e. The molecule has 0 spiro atoms. The molecule has 0 unspecified atom stereocenters. The third-order valence-electron chi connectivity index (χ3n) is 3.15. The maximum absolute atomic E-state index is 12.0. The molecule has 1 aromatic rings. The predicted molar refractivity (Wildman–Crippen MR) is 94.8 cm³/mol. The number of benzene rings is 1. The zero-order chi connectivity index (χ0) is 15.2. The van der Waals surface area contributed by atoms with Crippen molar-refractivity contribution in [2.75, 3.05) is 38.7 Å². The van der Waals surface area contributed by atoms with Crippen molar-refractivity contribution in [1.29, 1.82) is 0 Å². The van der Waals surface area contributed by atoms with Gasteiger partial charge in [0.05, 0.1) is 12.3 Å². The normalized spacial score (nSPS) is 13.3. The predicted octanol–water partition coefficient (Wildman–Crippen LogP) is 3.38. The van der Waals surface area contributed by atoms with Crippen LogP contribution < -0.4 is 4.90 Å². The fourth-order valence-electron chi connectivity index (χ4n) is 2.18. The SMILES string of the molecule is CCOC(=O)C1=CN(CCCN(C)C)c2ccccc2S1.Cl. The van der Waals surface area contributed by atoms with Gasteiger partial charge in [0.15, 0.2) is 0 Å². The number of esters is 1. The number of anilines is 1. The van der Waals surface area contributed by atoms with Crippen LogP contribution in [0.15, 0.2) is 40.3 Å². The summed E-state index contributed by atoms with van der Waals surface area (Å²) in [5, 5.41) is 0. The lowest BCUT2D eigenvalue weighted by Gasteiger charge is -2.28. The average molecular weight is 343 g/mol. The van der Waals surface area contributed by atoms with E-state index >= 15 is 0 Å². The van der Waals surface area contributed by atoms with Crippen LogP contribution in [0.4, 0.5) is 5.69 Å². The Morgan fingerprint density at radius 3 is 2.73 bits per heavy atom. The van der Waals surface area contributed by atoms with Gasteiger partial charge in [-0.1, -0.05) is 23.9 Å². The van der Waals surface area contributed by atoms with Crippen LogP contribution in [0.2, 0.25) is 0 Å². The van der Waals surface area contributed by atoms with Crippen LogP contribution >= 0.6 is 24.2 Å². The summed E-state index contributed by atoms with van der Waals surface area (Å²) in [6.07, 6.45) is 2.96. The van der Waals surface area contributed by atoms with Crippen molar-refractivity contribution < 1.29 is 9.53 Å². The lowest BCUT2D eigenvalue weighted by atomic mass is 10.2. The van der Waals surface area contributed by atoms with Gasteiger partial charge in [-0.3, -0.25) is 0 Å². The molecule has 0 N–H and O–H groups in total. The Hall–Kier alpha value is -1.17. The minimum absolute atomic E-state index is 0. The monoisotopic (exact) mass is 342 g/mol. The molecular weight excluding hydrogens is 320 g/mol. The molecule has 4 nitrogen and oxygen atoms in total. The molecule has 0 saturated carbocycles. The summed E-state index contributed by atoms with van der Waals surface area (Å²) in [6.45, 7) is 4.14. The molecule has 1 aliphatic heterocycles. The van der Waals surface area contributed by atoms with Crippen LogP contribution in [-0.4, -0.2) is 44.7 Å². The third-order valence-corrected chi connectivity index (χ3v) is 4.21. The number of rotatable bonds is 6. The number of thioether (sulfide) groups is 1. The van der Waals surface area contributed by atoms with Gasteiger partial charge in [0.25, 0.3) is 0 Å². The first-order valence-electron chi connectivity index (χ1n) is 7.19. The van der Waals surface area contributed by atoms with E-state index in [9.17, 15) is 4.79 Å². The summed E-state index contributed by atoms with van der Waals surface area (Å²) in [6, 6.07) is 8.17. The topological polar surface area (TPSA) is 32.8 Å². The van der Waals surface area contributed by atoms with E-state index in [0.29, 0.717) is 11.5 Å². The first kappa shape index (κ1) is 18.9. The van der Waals surface area contributed by atoms with Gasteiger partial charge in [-0.2, -0.15) is 0 Å². The van der Waals surface area contributed by atoms with Crippen molar-refractivity contribution in [1.82, 2.24) is 4.90 Å². The number of ether oxygens (including phenoxy) is 1.